The van der Waals surface area contributed by atoms with Gasteiger partial charge in [-0.05, 0) is 45.0 Å². The van der Waals surface area contributed by atoms with Crippen LogP contribution in [-0.4, -0.2) is 36.5 Å². The fraction of sp³-hybridized carbons (Fsp3) is 0.143. The molecule has 0 atom stereocenters. The highest BCUT2D eigenvalue weighted by Gasteiger charge is 2.48. The summed E-state index contributed by atoms with van der Waals surface area (Å²) in [6.07, 6.45) is 0. The smallest absolute Gasteiger partial charge is 0.196 e. The van der Waals surface area contributed by atoms with Crippen molar-refractivity contribution in [1.82, 2.24) is 0 Å². The van der Waals surface area contributed by atoms with E-state index >= 15 is 0 Å². The second-order valence-electron chi connectivity index (χ2n) is 7.55. The van der Waals surface area contributed by atoms with Crippen molar-refractivity contribution >= 4 is 28.8 Å². The summed E-state index contributed by atoms with van der Waals surface area (Å²) in [7, 11) is 3.79. The summed E-state index contributed by atoms with van der Waals surface area (Å²) < 4.78 is 23.8. The van der Waals surface area contributed by atoms with Gasteiger partial charge in [-0.1, -0.05) is 72.8 Å². The van der Waals surface area contributed by atoms with Gasteiger partial charge in [0, 0.05) is 0 Å². The average Bonchev–Trinajstić information content (AvgIpc) is 2.90. The largest absolute Gasteiger partial charge is 0.497 e. The fourth-order valence-corrected chi connectivity index (χ4v) is 10.0. The normalized spacial score (nSPS) is 11.0. The van der Waals surface area contributed by atoms with E-state index in [2.05, 4.69) is 48.5 Å². The van der Waals surface area contributed by atoms with Crippen molar-refractivity contribution in [1.29, 1.82) is 0 Å². The molecule has 0 amide bonds. The second kappa shape index (κ2) is 9.84. The quantitative estimate of drug-likeness (QED) is 0.302. The minimum Gasteiger partial charge on any atom is -0.497 e. The lowest BCUT2D eigenvalue weighted by atomic mass is 10.3. The lowest BCUT2D eigenvalue weighted by molar-refractivity contribution is 0.414. The zero-order valence-electron chi connectivity index (χ0n) is 19.4. The Morgan fingerprint density at radius 1 is 0.364 bits per heavy atom. The van der Waals surface area contributed by atoms with Crippen molar-refractivity contribution in [3.63, 3.8) is 0 Å². The molecule has 4 nitrogen and oxygen atoms in total. The molecule has 4 aromatic carbocycles. The summed E-state index contributed by atoms with van der Waals surface area (Å²) in [6, 6.07) is 32.8. The van der Waals surface area contributed by atoms with Crippen LogP contribution in [0, 0.1) is 0 Å². The van der Waals surface area contributed by atoms with Crippen LogP contribution in [0.2, 0.25) is 0 Å². The molecule has 0 bridgehead atoms. The van der Waals surface area contributed by atoms with E-state index in [1.165, 1.54) is 0 Å². The molecule has 0 saturated carbocycles. The predicted molar refractivity (Wildman–Crippen MR) is 136 cm³/mol. The Bertz CT molecular complexity index is 1040. The Kier molecular flexibility index (Phi) is 6.70. The molecule has 0 saturated heterocycles. The van der Waals surface area contributed by atoms with Crippen LogP contribution in [0.4, 0.5) is 0 Å². The number of hydrogen-bond acceptors (Lipinski definition) is 4. The number of ether oxygens (including phenoxy) is 4. The summed E-state index contributed by atoms with van der Waals surface area (Å²) in [4.78, 5) is 0. The Morgan fingerprint density at radius 3 is 0.788 bits per heavy atom. The predicted octanol–water partition coefficient (Wildman–Crippen LogP) is 3.10. The maximum absolute atomic E-state index is 5.95. The molecule has 0 aliphatic carbocycles. The van der Waals surface area contributed by atoms with Crippen LogP contribution >= 0.6 is 0 Å². The molecule has 0 spiro atoms. The van der Waals surface area contributed by atoms with Crippen molar-refractivity contribution in [2.45, 2.75) is 0 Å². The lowest BCUT2D eigenvalue weighted by Crippen LogP contribution is -2.75. The van der Waals surface area contributed by atoms with Gasteiger partial charge in [0.25, 0.3) is 0 Å². The Hall–Kier alpha value is -3.70. The van der Waals surface area contributed by atoms with E-state index in [-0.39, 0.29) is 0 Å². The van der Waals surface area contributed by atoms with Crippen LogP contribution in [-0.2, 0) is 0 Å². The lowest BCUT2D eigenvalue weighted by Gasteiger charge is -2.37. The van der Waals surface area contributed by atoms with Gasteiger partial charge in [0.05, 0.1) is 28.4 Å². The van der Waals surface area contributed by atoms with E-state index in [0.29, 0.717) is 0 Å². The molecule has 0 fully saturated rings. The van der Waals surface area contributed by atoms with E-state index in [0.717, 1.165) is 43.7 Å². The van der Waals surface area contributed by atoms with E-state index in [9.17, 15) is 0 Å². The summed E-state index contributed by atoms with van der Waals surface area (Å²) in [5.41, 5.74) is 0. The molecule has 5 heteroatoms. The van der Waals surface area contributed by atoms with Crippen LogP contribution in [0.3, 0.4) is 0 Å². The molecule has 0 aromatic heterocycles. The molecule has 168 valence electrons. The summed E-state index contributed by atoms with van der Waals surface area (Å²) >= 11 is 0. The Morgan fingerprint density at radius 2 is 0.576 bits per heavy atom. The van der Waals surface area contributed by atoms with Gasteiger partial charge in [-0.2, -0.15) is 0 Å². The van der Waals surface area contributed by atoms with Crippen LogP contribution in [0.5, 0.6) is 23.0 Å². The van der Waals surface area contributed by atoms with Crippen molar-refractivity contribution in [2.24, 2.45) is 0 Å². The molecule has 0 heterocycles. The molecule has 0 unspecified atom stereocenters. The van der Waals surface area contributed by atoms with Gasteiger partial charge in [-0.25, -0.2) is 0 Å². The van der Waals surface area contributed by atoms with Gasteiger partial charge < -0.3 is 18.9 Å². The first kappa shape index (κ1) is 22.5. The first-order chi connectivity index (χ1) is 16.2. The summed E-state index contributed by atoms with van der Waals surface area (Å²) in [6.45, 7) is 0. The zero-order chi connectivity index (χ0) is 23.3. The third kappa shape index (κ3) is 3.74. The van der Waals surface area contributed by atoms with Gasteiger partial charge >= 0.3 is 0 Å². The van der Waals surface area contributed by atoms with E-state index in [4.69, 9.17) is 18.9 Å². The van der Waals surface area contributed by atoms with Crippen molar-refractivity contribution in [3.8, 4) is 23.0 Å². The molecule has 33 heavy (non-hydrogen) atoms. The van der Waals surface area contributed by atoms with E-state index < -0.39 is 8.07 Å². The van der Waals surface area contributed by atoms with Gasteiger partial charge in [0.2, 0.25) is 0 Å². The SMILES string of the molecule is COc1ccccc1[Si](c1ccccc1OC)(c1ccccc1OC)c1ccccc1OC. The molecule has 4 aromatic rings. The highest BCUT2D eigenvalue weighted by Crippen LogP contribution is 2.26. The molecular weight excluding hydrogens is 428 g/mol. The zero-order valence-corrected chi connectivity index (χ0v) is 20.4. The minimum absolute atomic E-state index is 0.812. The minimum atomic E-state index is -3.06. The molecule has 0 radical (unpaired) electrons. The van der Waals surface area contributed by atoms with Crippen molar-refractivity contribution in [2.75, 3.05) is 28.4 Å². The van der Waals surface area contributed by atoms with Crippen molar-refractivity contribution in [3.05, 3.63) is 97.1 Å². The Labute approximate surface area is 196 Å². The van der Waals surface area contributed by atoms with Gasteiger partial charge in [0.15, 0.2) is 8.07 Å². The van der Waals surface area contributed by atoms with E-state index in [1.54, 1.807) is 28.4 Å². The monoisotopic (exact) mass is 456 g/mol. The van der Waals surface area contributed by atoms with Gasteiger partial charge in [-0.3, -0.25) is 0 Å². The topological polar surface area (TPSA) is 36.9 Å². The van der Waals surface area contributed by atoms with Gasteiger partial charge in [0.1, 0.15) is 23.0 Å². The highest BCUT2D eigenvalue weighted by atomic mass is 28.3. The van der Waals surface area contributed by atoms with Crippen LogP contribution in [0.1, 0.15) is 0 Å². The maximum atomic E-state index is 5.95. The summed E-state index contributed by atoms with van der Waals surface area (Å²) in [5.74, 6) is 3.25. The Balaban J connectivity index is 2.30. The molecule has 0 N–H and O–H groups in total. The third-order valence-electron chi connectivity index (χ3n) is 6.04. The second-order valence-corrected chi connectivity index (χ2v) is 11.2. The number of rotatable bonds is 8. The standard InChI is InChI=1S/C28H28O4Si/c1-29-21-13-5-9-17-25(21)33(26-18-10-6-14-22(26)30-2,27-19-11-7-15-23(27)31-3)28-20-12-8-16-24(28)32-4/h5-20H,1-4H3. The molecule has 4 rings (SSSR count). The van der Waals surface area contributed by atoms with Crippen LogP contribution < -0.4 is 39.7 Å². The fourth-order valence-electron chi connectivity index (χ4n) is 4.69. The third-order valence-corrected chi connectivity index (χ3v) is 10.9. The van der Waals surface area contributed by atoms with Crippen LogP contribution in [0.15, 0.2) is 97.1 Å². The van der Waals surface area contributed by atoms with Crippen molar-refractivity contribution < 1.29 is 18.9 Å². The first-order valence-electron chi connectivity index (χ1n) is 10.8. The average molecular weight is 457 g/mol. The number of benzene rings is 4. The molecule has 0 aliphatic rings. The van der Waals surface area contributed by atoms with Crippen LogP contribution in [0.25, 0.3) is 0 Å². The number of para-hydroxylation sites is 4. The number of methoxy groups -OCH3 is 4. The summed E-state index contributed by atoms with van der Waals surface area (Å²) in [5, 5.41) is 4.36. The van der Waals surface area contributed by atoms with Gasteiger partial charge in [-0.15, -0.1) is 0 Å². The first-order valence-corrected chi connectivity index (χ1v) is 12.8. The molecular formula is C28H28O4Si. The maximum Gasteiger partial charge on any atom is 0.196 e. The highest BCUT2D eigenvalue weighted by molar-refractivity contribution is 7.21. The number of hydrogen-bond donors (Lipinski definition) is 0. The molecule has 0 aliphatic heterocycles. The van der Waals surface area contributed by atoms with E-state index in [1.807, 2.05) is 48.5 Å².